The van der Waals surface area contributed by atoms with Crippen LogP contribution in [0.4, 0.5) is 0 Å². The zero-order valence-electron chi connectivity index (χ0n) is 15.6. The van der Waals surface area contributed by atoms with Crippen molar-refractivity contribution in [3.8, 4) is 0 Å². The first-order valence-electron chi connectivity index (χ1n) is 8.96. The first-order valence-corrected chi connectivity index (χ1v) is 9.37. The Labute approximate surface area is 168 Å². The van der Waals surface area contributed by atoms with E-state index in [-0.39, 0.29) is 10.7 Å². The Morgan fingerprint density at radius 3 is 2.32 bits per heavy atom. The molecule has 2 N–H and O–H groups in total. The number of hydrogen-bond donors (Lipinski definition) is 2. The van der Waals surface area contributed by atoms with Gasteiger partial charge in [-0.15, -0.1) is 0 Å². The number of aromatic nitrogens is 1. The summed E-state index contributed by atoms with van der Waals surface area (Å²) in [6, 6.07) is 16.3. The molecular weight excluding hydrogens is 370 g/mol. The molecule has 1 aliphatic rings. The molecule has 0 saturated carbocycles. The minimum absolute atomic E-state index is 0.0332. The SMILES string of the molecule is Cc1ccccc1Cn1c(C)c(C=C2C(=O)NC(=S)NC2=O)c2ccccc21. The summed E-state index contributed by atoms with van der Waals surface area (Å²) in [6.45, 7) is 4.82. The van der Waals surface area contributed by atoms with E-state index in [1.807, 2.05) is 37.3 Å². The Morgan fingerprint density at radius 2 is 1.61 bits per heavy atom. The van der Waals surface area contributed by atoms with Crippen LogP contribution < -0.4 is 10.6 Å². The quantitative estimate of drug-likeness (QED) is 0.411. The highest BCUT2D eigenvalue weighted by atomic mass is 32.1. The fraction of sp³-hybridized carbons (Fsp3) is 0.136. The van der Waals surface area contributed by atoms with Gasteiger partial charge in [0.15, 0.2) is 5.11 Å². The topological polar surface area (TPSA) is 63.1 Å². The fourth-order valence-electron chi connectivity index (χ4n) is 3.55. The van der Waals surface area contributed by atoms with Crippen LogP contribution in [0.25, 0.3) is 17.0 Å². The van der Waals surface area contributed by atoms with Crippen LogP contribution in [0, 0.1) is 13.8 Å². The highest BCUT2D eigenvalue weighted by Gasteiger charge is 2.26. The first kappa shape index (κ1) is 18.1. The Bertz CT molecular complexity index is 1150. The molecule has 0 bridgehead atoms. The number of rotatable bonds is 3. The maximum Gasteiger partial charge on any atom is 0.263 e. The van der Waals surface area contributed by atoms with Gasteiger partial charge in [0.25, 0.3) is 11.8 Å². The van der Waals surface area contributed by atoms with E-state index in [0.29, 0.717) is 6.54 Å². The third kappa shape index (κ3) is 3.12. The van der Waals surface area contributed by atoms with Gasteiger partial charge in [-0.3, -0.25) is 20.2 Å². The van der Waals surface area contributed by atoms with Crippen molar-refractivity contribution in [3.05, 3.63) is 76.5 Å². The molecule has 2 aromatic carbocycles. The van der Waals surface area contributed by atoms with Crippen molar-refractivity contribution in [3.63, 3.8) is 0 Å². The van der Waals surface area contributed by atoms with Crippen molar-refractivity contribution in [2.75, 3.05) is 0 Å². The Hall–Kier alpha value is -3.25. The van der Waals surface area contributed by atoms with E-state index < -0.39 is 11.8 Å². The van der Waals surface area contributed by atoms with Crippen molar-refractivity contribution < 1.29 is 9.59 Å². The van der Waals surface area contributed by atoms with E-state index in [2.05, 4.69) is 40.3 Å². The summed E-state index contributed by atoms with van der Waals surface area (Å²) in [6.07, 6.45) is 1.65. The minimum Gasteiger partial charge on any atom is -0.340 e. The van der Waals surface area contributed by atoms with E-state index in [9.17, 15) is 9.59 Å². The summed E-state index contributed by atoms with van der Waals surface area (Å²) in [5, 5.41) is 6.00. The predicted molar refractivity (Wildman–Crippen MR) is 114 cm³/mol. The number of carbonyl (C=O) groups excluding carboxylic acids is 2. The molecule has 5 nitrogen and oxygen atoms in total. The van der Waals surface area contributed by atoms with Gasteiger partial charge in [-0.1, -0.05) is 42.5 Å². The lowest BCUT2D eigenvalue weighted by Crippen LogP contribution is -2.51. The maximum atomic E-state index is 12.3. The van der Waals surface area contributed by atoms with Crippen molar-refractivity contribution >= 4 is 46.1 Å². The first-order chi connectivity index (χ1) is 13.5. The number of aryl methyl sites for hydroxylation is 1. The standard InChI is InChI=1S/C22H19N3O2S/c1-13-7-3-4-8-15(13)12-25-14(2)17(16-9-5-6-10-19(16)25)11-18-20(26)23-22(28)24-21(18)27/h3-11H,12H2,1-2H3,(H2,23,24,26,27,28). The van der Waals surface area contributed by atoms with Crippen molar-refractivity contribution in [2.24, 2.45) is 0 Å². The van der Waals surface area contributed by atoms with Crippen LogP contribution >= 0.6 is 12.2 Å². The Balaban J connectivity index is 1.87. The average molecular weight is 389 g/mol. The van der Waals surface area contributed by atoms with Crippen molar-refractivity contribution in [1.82, 2.24) is 15.2 Å². The summed E-state index contributed by atoms with van der Waals surface area (Å²) in [4.78, 5) is 24.5. The van der Waals surface area contributed by atoms with Gasteiger partial charge in [0.2, 0.25) is 0 Å². The fourth-order valence-corrected chi connectivity index (χ4v) is 3.74. The molecule has 1 saturated heterocycles. The third-order valence-corrected chi connectivity index (χ3v) is 5.31. The van der Waals surface area contributed by atoms with Crippen molar-refractivity contribution in [2.45, 2.75) is 20.4 Å². The Morgan fingerprint density at radius 1 is 0.964 bits per heavy atom. The molecule has 0 radical (unpaired) electrons. The molecule has 2 amide bonds. The Kier molecular flexibility index (Phi) is 4.57. The van der Waals surface area contributed by atoms with Gasteiger partial charge in [-0.2, -0.15) is 0 Å². The molecular formula is C22H19N3O2S. The van der Waals surface area contributed by atoms with Gasteiger partial charge >= 0.3 is 0 Å². The lowest BCUT2D eigenvalue weighted by atomic mass is 10.1. The van der Waals surface area contributed by atoms with E-state index in [4.69, 9.17) is 12.2 Å². The van der Waals surface area contributed by atoms with Gasteiger partial charge in [0.1, 0.15) is 5.57 Å². The van der Waals surface area contributed by atoms with Crippen LogP contribution in [0.1, 0.15) is 22.4 Å². The lowest BCUT2D eigenvalue weighted by molar-refractivity contribution is -0.123. The summed E-state index contributed by atoms with van der Waals surface area (Å²) in [5.74, 6) is -0.965. The molecule has 28 heavy (non-hydrogen) atoms. The van der Waals surface area contributed by atoms with Crippen LogP contribution in [0.15, 0.2) is 54.1 Å². The summed E-state index contributed by atoms with van der Waals surface area (Å²) < 4.78 is 2.22. The number of para-hydroxylation sites is 1. The van der Waals surface area contributed by atoms with Gasteiger partial charge in [-0.05, 0) is 49.3 Å². The number of hydrogen-bond acceptors (Lipinski definition) is 3. The van der Waals surface area contributed by atoms with E-state index in [0.717, 1.165) is 22.2 Å². The molecule has 140 valence electrons. The van der Waals surface area contributed by atoms with Crippen LogP contribution in [0.5, 0.6) is 0 Å². The van der Waals surface area contributed by atoms with Gasteiger partial charge in [0.05, 0.1) is 0 Å². The molecule has 0 atom stereocenters. The number of nitrogens with one attached hydrogen (secondary N) is 2. The molecule has 1 aliphatic heterocycles. The molecule has 1 fully saturated rings. The molecule has 0 spiro atoms. The maximum absolute atomic E-state index is 12.3. The highest BCUT2D eigenvalue weighted by molar-refractivity contribution is 7.80. The number of carbonyl (C=O) groups is 2. The number of benzene rings is 2. The number of thiocarbonyl (C=S) groups is 1. The second-order valence-electron chi connectivity index (χ2n) is 6.82. The summed E-state index contributed by atoms with van der Waals surface area (Å²) >= 11 is 4.87. The summed E-state index contributed by atoms with van der Waals surface area (Å²) in [5.41, 5.74) is 5.41. The molecule has 2 heterocycles. The molecule has 0 unspecified atom stereocenters. The zero-order valence-corrected chi connectivity index (χ0v) is 16.4. The normalized spacial score (nSPS) is 14.2. The van der Waals surface area contributed by atoms with Crippen molar-refractivity contribution in [1.29, 1.82) is 0 Å². The van der Waals surface area contributed by atoms with Crippen LogP contribution in [-0.2, 0) is 16.1 Å². The number of nitrogens with zero attached hydrogens (tertiary/aromatic N) is 1. The van der Waals surface area contributed by atoms with Gasteiger partial charge in [0, 0.05) is 28.7 Å². The smallest absolute Gasteiger partial charge is 0.263 e. The number of amides is 2. The summed E-state index contributed by atoms with van der Waals surface area (Å²) in [7, 11) is 0. The molecule has 0 aliphatic carbocycles. The molecule has 4 rings (SSSR count). The second kappa shape index (κ2) is 7.05. The lowest BCUT2D eigenvalue weighted by Gasteiger charge is -2.16. The average Bonchev–Trinajstić information content (AvgIpc) is 2.92. The van der Waals surface area contributed by atoms with E-state index >= 15 is 0 Å². The zero-order chi connectivity index (χ0) is 19.8. The van der Waals surface area contributed by atoms with Gasteiger partial charge < -0.3 is 4.57 Å². The molecule has 3 aromatic rings. The van der Waals surface area contributed by atoms with E-state index in [1.54, 1.807) is 6.08 Å². The number of fused-ring (bicyclic) bond motifs is 1. The van der Waals surface area contributed by atoms with E-state index in [1.165, 1.54) is 11.1 Å². The molecule has 1 aromatic heterocycles. The highest BCUT2D eigenvalue weighted by Crippen LogP contribution is 2.29. The monoisotopic (exact) mass is 389 g/mol. The van der Waals surface area contributed by atoms with Gasteiger partial charge in [-0.25, -0.2) is 0 Å². The second-order valence-corrected chi connectivity index (χ2v) is 7.23. The van der Waals surface area contributed by atoms with Crippen LogP contribution in [0.2, 0.25) is 0 Å². The predicted octanol–water partition coefficient (Wildman–Crippen LogP) is 3.22. The van der Waals surface area contributed by atoms with Crippen LogP contribution in [0.3, 0.4) is 0 Å². The third-order valence-electron chi connectivity index (χ3n) is 5.10. The molecule has 6 heteroatoms. The minimum atomic E-state index is -0.483. The van der Waals surface area contributed by atoms with Crippen LogP contribution in [-0.4, -0.2) is 21.5 Å². The largest absolute Gasteiger partial charge is 0.340 e.